The molecule has 166 valence electrons. The molecule has 1 fully saturated rings. The monoisotopic (exact) mass is 431 g/mol. The summed E-state index contributed by atoms with van der Waals surface area (Å²) < 4.78 is 18.5. The third-order valence-electron chi connectivity index (χ3n) is 6.20. The Labute approximate surface area is 189 Å². The lowest BCUT2D eigenvalue weighted by atomic mass is 9.90. The Morgan fingerprint density at radius 1 is 1.00 bits per heavy atom. The SMILES string of the molecule is Oc1cccc([C@H]2CCCN(C[C@H]3COc4cccc(OCc5ccccc5)c4O3)C2)c1. The fraction of sp³-hybridized carbons (Fsp3) is 0.333. The highest BCUT2D eigenvalue weighted by Gasteiger charge is 2.29. The summed E-state index contributed by atoms with van der Waals surface area (Å²) in [5.74, 6) is 2.91. The summed E-state index contributed by atoms with van der Waals surface area (Å²) in [6, 6.07) is 23.6. The lowest BCUT2D eigenvalue weighted by Gasteiger charge is -2.36. The second kappa shape index (κ2) is 9.53. The van der Waals surface area contributed by atoms with Crippen molar-refractivity contribution < 1.29 is 19.3 Å². The van der Waals surface area contributed by atoms with E-state index in [1.807, 2.05) is 48.5 Å². The van der Waals surface area contributed by atoms with Crippen molar-refractivity contribution >= 4 is 0 Å². The summed E-state index contributed by atoms with van der Waals surface area (Å²) in [5, 5.41) is 9.84. The summed E-state index contributed by atoms with van der Waals surface area (Å²) >= 11 is 0. The topological polar surface area (TPSA) is 51.2 Å². The summed E-state index contributed by atoms with van der Waals surface area (Å²) in [6.45, 7) is 3.84. The number of phenolic OH excluding ortho intramolecular Hbond substituents is 1. The van der Waals surface area contributed by atoms with Gasteiger partial charge in [-0.15, -0.1) is 0 Å². The van der Waals surface area contributed by atoms with Gasteiger partial charge >= 0.3 is 0 Å². The molecule has 2 aliphatic rings. The molecule has 3 aromatic rings. The summed E-state index contributed by atoms with van der Waals surface area (Å²) in [6.07, 6.45) is 2.23. The van der Waals surface area contributed by atoms with Crippen molar-refractivity contribution in [3.63, 3.8) is 0 Å². The molecule has 5 heteroatoms. The van der Waals surface area contributed by atoms with Gasteiger partial charge in [0.05, 0.1) is 0 Å². The van der Waals surface area contributed by atoms with Crippen LogP contribution in [0.25, 0.3) is 0 Å². The average Bonchev–Trinajstić information content (AvgIpc) is 2.83. The maximum absolute atomic E-state index is 9.84. The molecule has 0 bridgehead atoms. The Bertz CT molecular complexity index is 1040. The first-order chi connectivity index (χ1) is 15.7. The van der Waals surface area contributed by atoms with Crippen LogP contribution in [0.15, 0.2) is 72.8 Å². The normalized spacial score (nSPS) is 20.6. The average molecular weight is 432 g/mol. The van der Waals surface area contributed by atoms with Crippen LogP contribution in [-0.4, -0.2) is 42.4 Å². The number of aromatic hydroxyl groups is 1. The molecule has 0 amide bonds. The minimum absolute atomic E-state index is 0.0492. The molecule has 0 aliphatic carbocycles. The van der Waals surface area contributed by atoms with E-state index in [4.69, 9.17) is 14.2 Å². The second-order valence-electron chi connectivity index (χ2n) is 8.60. The number of hydrogen-bond donors (Lipinski definition) is 1. The molecule has 5 nitrogen and oxygen atoms in total. The van der Waals surface area contributed by atoms with Crippen LogP contribution in [0.3, 0.4) is 0 Å². The molecule has 2 aliphatic heterocycles. The lowest BCUT2D eigenvalue weighted by Crippen LogP contribution is -2.44. The van der Waals surface area contributed by atoms with Crippen molar-refractivity contribution in [2.75, 3.05) is 26.2 Å². The number of para-hydroxylation sites is 1. The molecule has 2 atom stereocenters. The highest BCUT2D eigenvalue weighted by atomic mass is 16.6. The largest absolute Gasteiger partial charge is 0.508 e. The number of ether oxygens (including phenoxy) is 3. The molecule has 0 spiro atoms. The van der Waals surface area contributed by atoms with Gasteiger partial charge in [-0.2, -0.15) is 0 Å². The van der Waals surface area contributed by atoms with Crippen molar-refractivity contribution in [3.05, 3.63) is 83.9 Å². The third-order valence-corrected chi connectivity index (χ3v) is 6.20. The second-order valence-corrected chi connectivity index (χ2v) is 8.60. The maximum Gasteiger partial charge on any atom is 0.204 e. The molecular weight excluding hydrogens is 402 g/mol. The molecular formula is C27H29NO4. The molecule has 0 saturated carbocycles. The van der Waals surface area contributed by atoms with Gasteiger partial charge in [-0.3, -0.25) is 4.90 Å². The van der Waals surface area contributed by atoms with E-state index in [-0.39, 0.29) is 6.10 Å². The van der Waals surface area contributed by atoms with Gasteiger partial charge in [0.2, 0.25) is 5.75 Å². The van der Waals surface area contributed by atoms with Gasteiger partial charge in [0.25, 0.3) is 0 Å². The van der Waals surface area contributed by atoms with Crippen LogP contribution in [-0.2, 0) is 6.61 Å². The standard InChI is InChI=1S/C27H29NO4/c29-23-11-4-9-21(15-23)22-10-6-14-28(16-22)17-24-19-31-26-13-5-12-25(27(26)32-24)30-18-20-7-2-1-3-8-20/h1-5,7-9,11-13,15,22,24,29H,6,10,14,16-19H2/t22-,24-/m0/s1. The highest BCUT2D eigenvalue weighted by Crippen LogP contribution is 2.41. The lowest BCUT2D eigenvalue weighted by molar-refractivity contribution is 0.0470. The zero-order valence-corrected chi connectivity index (χ0v) is 18.2. The predicted octanol–water partition coefficient (Wildman–Crippen LogP) is 4.99. The van der Waals surface area contributed by atoms with Crippen molar-refractivity contribution in [2.24, 2.45) is 0 Å². The van der Waals surface area contributed by atoms with Crippen LogP contribution in [0, 0.1) is 0 Å². The van der Waals surface area contributed by atoms with Crippen LogP contribution in [0.4, 0.5) is 0 Å². The van der Waals surface area contributed by atoms with Crippen LogP contribution in [0.2, 0.25) is 0 Å². The van der Waals surface area contributed by atoms with Crippen molar-refractivity contribution in [1.29, 1.82) is 0 Å². The maximum atomic E-state index is 9.84. The Morgan fingerprint density at radius 2 is 1.88 bits per heavy atom. The van der Waals surface area contributed by atoms with Gasteiger partial charge in [-0.05, 0) is 60.7 Å². The Morgan fingerprint density at radius 3 is 2.75 bits per heavy atom. The van der Waals surface area contributed by atoms with Crippen LogP contribution < -0.4 is 14.2 Å². The third kappa shape index (κ3) is 4.83. The summed E-state index contributed by atoms with van der Waals surface area (Å²) in [5.41, 5.74) is 2.32. The number of fused-ring (bicyclic) bond motifs is 1. The Balaban J connectivity index is 1.23. The molecule has 1 saturated heterocycles. The van der Waals surface area contributed by atoms with E-state index in [9.17, 15) is 5.11 Å². The minimum atomic E-state index is -0.0492. The first kappa shape index (κ1) is 20.7. The number of phenols is 1. The summed E-state index contributed by atoms with van der Waals surface area (Å²) in [4.78, 5) is 2.45. The highest BCUT2D eigenvalue weighted by molar-refractivity contribution is 5.52. The Hall–Kier alpha value is -3.18. The van der Waals surface area contributed by atoms with Gasteiger partial charge in [0.1, 0.15) is 25.1 Å². The number of hydrogen-bond acceptors (Lipinski definition) is 5. The predicted molar refractivity (Wildman–Crippen MR) is 124 cm³/mol. The fourth-order valence-electron chi connectivity index (χ4n) is 4.61. The van der Waals surface area contributed by atoms with Crippen molar-refractivity contribution in [1.82, 2.24) is 4.90 Å². The minimum Gasteiger partial charge on any atom is -0.508 e. The van der Waals surface area contributed by atoms with Crippen LogP contribution in [0.1, 0.15) is 29.9 Å². The first-order valence-electron chi connectivity index (χ1n) is 11.3. The molecule has 1 N–H and O–H groups in total. The zero-order chi connectivity index (χ0) is 21.8. The van der Waals surface area contributed by atoms with E-state index in [2.05, 4.69) is 23.1 Å². The number of nitrogens with zero attached hydrogens (tertiary/aromatic N) is 1. The van der Waals surface area contributed by atoms with Gasteiger partial charge < -0.3 is 19.3 Å². The molecule has 3 aromatic carbocycles. The van der Waals surface area contributed by atoms with E-state index < -0.39 is 0 Å². The van der Waals surface area contributed by atoms with Crippen molar-refractivity contribution in [3.8, 4) is 23.0 Å². The van der Waals surface area contributed by atoms with Crippen LogP contribution >= 0.6 is 0 Å². The fourth-order valence-corrected chi connectivity index (χ4v) is 4.61. The zero-order valence-electron chi connectivity index (χ0n) is 18.2. The van der Waals surface area contributed by atoms with Gasteiger partial charge in [0, 0.05) is 13.1 Å². The molecule has 0 unspecified atom stereocenters. The van der Waals surface area contributed by atoms with E-state index in [1.165, 1.54) is 5.56 Å². The van der Waals surface area contributed by atoms with Gasteiger partial charge in [-0.25, -0.2) is 0 Å². The van der Waals surface area contributed by atoms with E-state index in [0.717, 1.165) is 43.8 Å². The number of rotatable bonds is 6. The van der Waals surface area contributed by atoms with E-state index >= 15 is 0 Å². The van der Waals surface area contributed by atoms with Gasteiger partial charge in [-0.1, -0.05) is 48.5 Å². The Kier molecular flexibility index (Phi) is 6.17. The summed E-state index contributed by atoms with van der Waals surface area (Å²) in [7, 11) is 0. The van der Waals surface area contributed by atoms with Crippen LogP contribution in [0.5, 0.6) is 23.0 Å². The smallest absolute Gasteiger partial charge is 0.204 e. The molecule has 32 heavy (non-hydrogen) atoms. The molecule has 2 heterocycles. The number of likely N-dealkylation sites (tertiary alicyclic amines) is 1. The van der Waals surface area contributed by atoms with Gasteiger partial charge in [0.15, 0.2) is 11.5 Å². The quantitative estimate of drug-likeness (QED) is 0.596. The van der Waals surface area contributed by atoms with Crippen molar-refractivity contribution in [2.45, 2.75) is 31.5 Å². The number of piperidine rings is 1. The molecule has 0 radical (unpaired) electrons. The van der Waals surface area contributed by atoms with E-state index in [1.54, 1.807) is 6.07 Å². The first-order valence-corrected chi connectivity index (χ1v) is 11.3. The molecule has 0 aromatic heterocycles. The molecule has 5 rings (SSSR count). The van der Waals surface area contributed by atoms with E-state index in [0.29, 0.717) is 36.4 Å². The number of benzene rings is 3.